The lowest BCUT2D eigenvalue weighted by molar-refractivity contribution is 0.0410. The second-order valence-electron chi connectivity index (χ2n) is 9.43. The predicted molar refractivity (Wildman–Crippen MR) is 117 cm³/mol. The molecule has 0 spiro atoms. The number of fused-ring (bicyclic) bond motifs is 2. The minimum atomic E-state index is -0.971. The minimum absolute atomic E-state index is 0.101. The predicted octanol–water partition coefficient (Wildman–Crippen LogP) is 3.29. The number of aromatic nitrogens is 4. The van der Waals surface area contributed by atoms with E-state index in [4.69, 9.17) is 0 Å². The maximum atomic E-state index is 15.5. The summed E-state index contributed by atoms with van der Waals surface area (Å²) < 4.78 is 17.2. The van der Waals surface area contributed by atoms with Gasteiger partial charge in [-0.3, -0.25) is 4.90 Å². The van der Waals surface area contributed by atoms with E-state index in [0.29, 0.717) is 17.1 Å². The Morgan fingerprint density at radius 1 is 1.19 bits per heavy atom. The molecule has 1 aliphatic heterocycles. The van der Waals surface area contributed by atoms with Gasteiger partial charge in [0.25, 0.3) is 0 Å². The summed E-state index contributed by atoms with van der Waals surface area (Å²) in [5.41, 5.74) is 1.32. The number of aromatic hydroxyl groups is 1. The number of hydrogen-bond acceptors (Lipinski definition) is 6. The van der Waals surface area contributed by atoms with Crippen molar-refractivity contribution in [2.24, 2.45) is 5.41 Å². The summed E-state index contributed by atoms with van der Waals surface area (Å²) in [6, 6.07) is 10.5. The lowest BCUT2D eigenvalue weighted by atomic mass is 9.84. The molecule has 2 aromatic heterocycles. The van der Waals surface area contributed by atoms with Crippen LogP contribution in [0.1, 0.15) is 20.3 Å². The Balaban J connectivity index is 1.40. The van der Waals surface area contributed by atoms with Crippen LogP contribution in [0.2, 0.25) is 0 Å². The van der Waals surface area contributed by atoms with Crippen molar-refractivity contribution in [1.29, 1.82) is 0 Å². The van der Waals surface area contributed by atoms with Crippen molar-refractivity contribution >= 4 is 5.82 Å². The van der Waals surface area contributed by atoms with Gasteiger partial charge in [0.15, 0.2) is 5.82 Å². The summed E-state index contributed by atoms with van der Waals surface area (Å²) in [4.78, 5) is 4.08. The highest BCUT2D eigenvalue weighted by atomic mass is 19.1. The molecule has 3 aromatic rings. The summed E-state index contributed by atoms with van der Waals surface area (Å²) >= 11 is 0. The maximum Gasteiger partial charge on any atom is 0.151 e. The molecule has 8 heteroatoms. The van der Waals surface area contributed by atoms with Gasteiger partial charge in [-0.2, -0.15) is 5.10 Å². The Morgan fingerprint density at radius 2 is 2.00 bits per heavy atom. The molecule has 0 radical (unpaired) electrons. The van der Waals surface area contributed by atoms with Crippen molar-refractivity contribution in [2.75, 3.05) is 25.5 Å². The molecule has 1 saturated carbocycles. The fourth-order valence-electron chi connectivity index (χ4n) is 5.69. The van der Waals surface area contributed by atoms with Gasteiger partial charge >= 0.3 is 0 Å². The van der Waals surface area contributed by atoms with Crippen LogP contribution in [0, 0.1) is 5.41 Å². The second kappa shape index (κ2) is 6.75. The first-order chi connectivity index (χ1) is 14.7. The molecule has 1 aromatic carbocycles. The summed E-state index contributed by atoms with van der Waals surface area (Å²) in [7, 11) is 3.90. The Bertz CT molecular complexity index is 1100. The van der Waals surface area contributed by atoms with Gasteiger partial charge in [-0.15, -0.1) is 10.2 Å². The molecule has 7 nitrogen and oxygen atoms in total. The van der Waals surface area contributed by atoms with E-state index in [1.807, 2.05) is 56.4 Å². The summed E-state index contributed by atoms with van der Waals surface area (Å²) in [5.74, 6) is 0.730. The zero-order valence-electron chi connectivity index (χ0n) is 18.2. The number of nitrogens with zero attached hydrogens (tertiary/aromatic N) is 6. The zero-order valence-corrected chi connectivity index (χ0v) is 18.2. The van der Waals surface area contributed by atoms with Crippen LogP contribution < -0.4 is 4.90 Å². The van der Waals surface area contributed by atoms with E-state index in [2.05, 4.69) is 27.1 Å². The lowest BCUT2D eigenvalue weighted by Crippen LogP contribution is -2.59. The fraction of sp³-hybridized carbons (Fsp3) is 0.435. The third-order valence-electron chi connectivity index (χ3n) is 7.27. The van der Waals surface area contributed by atoms with Gasteiger partial charge in [-0.05, 0) is 50.7 Å². The van der Waals surface area contributed by atoms with Crippen LogP contribution in [0.5, 0.6) is 5.75 Å². The molecule has 1 aliphatic carbocycles. The van der Waals surface area contributed by atoms with Crippen LogP contribution in [0.15, 0.2) is 48.8 Å². The van der Waals surface area contributed by atoms with Crippen LogP contribution in [0.3, 0.4) is 0 Å². The molecular formula is C23H27FN6O. The van der Waals surface area contributed by atoms with E-state index < -0.39 is 11.7 Å². The third kappa shape index (κ3) is 2.92. The van der Waals surface area contributed by atoms with Crippen LogP contribution in [0.4, 0.5) is 10.2 Å². The van der Waals surface area contributed by atoms with Gasteiger partial charge < -0.3 is 10.0 Å². The Kier molecular flexibility index (Phi) is 4.34. The molecule has 31 heavy (non-hydrogen) atoms. The molecule has 1 saturated heterocycles. The molecule has 0 unspecified atom stereocenters. The topological polar surface area (TPSA) is 70.3 Å². The van der Waals surface area contributed by atoms with Gasteiger partial charge in [0.05, 0.1) is 23.0 Å². The SMILES string of the molecule is CN(c1ccc(-c2ccc(-n3cccn3)cc2O)nn1)[C@@H]1[C@H](F)[C@]2(C)C[C@@]1(C)CN2C. The monoisotopic (exact) mass is 422 g/mol. The first-order valence-electron chi connectivity index (χ1n) is 10.5. The normalized spacial score (nSPS) is 30.1. The van der Waals surface area contributed by atoms with E-state index in [1.54, 1.807) is 23.0 Å². The van der Waals surface area contributed by atoms with Crippen molar-refractivity contribution < 1.29 is 9.50 Å². The minimum Gasteiger partial charge on any atom is -0.507 e. The number of piperidine rings is 1. The summed E-state index contributed by atoms with van der Waals surface area (Å²) in [5, 5.41) is 23.4. The Hall–Kier alpha value is -3.00. The second-order valence-corrected chi connectivity index (χ2v) is 9.43. The quantitative estimate of drug-likeness (QED) is 0.696. The number of hydrogen-bond donors (Lipinski definition) is 1. The van der Waals surface area contributed by atoms with E-state index in [9.17, 15) is 5.11 Å². The highest BCUT2D eigenvalue weighted by Gasteiger charge is 2.66. The van der Waals surface area contributed by atoms with E-state index in [-0.39, 0.29) is 17.2 Å². The van der Waals surface area contributed by atoms with Gasteiger partial charge in [0.1, 0.15) is 11.9 Å². The fourth-order valence-corrected chi connectivity index (χ4v) is 5.69. The molecule has 2 aliphatic rings. The smallest absolute Gasteiger partial charge is 0.151 e. The molecule has 1 N–H and O–H groups in total. The number of rotatable bonds is 4. The number of benzene rings is 1. The van der Waals surface area contributed by atoms with Gasteiger partial charge in [0.2, 0.25) is 0 Å². The van der Waals surface area contributed by atoms with E-state index in [1.165, 1.54) is 0 Å². The molecule has 2 bridgehead atoms. The first-order valence-corrected chi connectivity index (χ1v) is 10.5. The largest absolute Gasteiger partial charge is 0.507 e. The molecule has 0 amide bonds. The van der Waals surface area contributed by atoms with E-state index in [0.717, 1.165) is 18.7 Å². The van der Waals surface area contributed by atoms with Crippen LogP contribution in [0.25, 0.3) is 16.9 Å². The van der Waals surface area contributed by atoms with Crippen LogP contribution in [-0.2, 0) is 0 Å². The Labute approximate surface area is 181 Å². The van der Waals surface area contributed by atoms with Crippen molar-refractivity contribution in [3.05, 3.63) is 48.8 Å². The average Bonchev–Trinajstić information content (AvgIpc) is 3.40. The molecular weight excluding hydrogens is 395 g/mol. The van der Waals surface area contributed by atoms with Gasteiger partial charge in [-0.25, -0.2) is 9.07 Å². The highest BCUT2D eigenvalue weighted by Crippen LogP contribution is 2.56. The van der Waals surface area contributed by atoms with Crippen molar-refractivity contribution in [1.82, 2.24) is 24.9 Å². The number of anilines is 1. The lowest BCUT2D eigenvalue weighted by Gasteiger charge is -2.45. The Morgan fingerprint density at radius 3 is 2.58 bits per heavy atom. The highest BCUT2D eigenvalue weighted by molar-refractivity contribution is 5.69. The standard InChI is InChI=1S/C23H27FN6O/c1-22-13-23(2,28(3)14-22)20(24)21(22)29(4)19-9-8-17(26-27-19)16-7-6-15(12-18(16)31)30-11-5-10-25-30/h5-12,20-21,31H,13-14H2,1-4H3/t20-,21+,22-,23-/m0/s1. The number of likely N-dealkylation sites (tertiary alicyclic amines) is 1. The van der Waals surface area contributed by atoms with Gasteiger partial charge in [0, 0.05) is 43.0 Å². The molecule has 5 rings (SSSR count). The number of halogens is 1. The summed E-state index contributed by atoms with van der Waals surface area (Å²) in [6.07, 6.45) is 3.35. The average molecular weight is 423 g/mol. The number of phenolic OH excluding ortho intramolecular Hbond substituents is 1. The van der Waals surface area contributed by atoms with Crippen molar-refractivity contribution in [3.63, 3.8) is 0 Å². The van der Waals surface area contributed by atoms with Gasteiger partial charge in [-0.1, -0.05) is 6.92 Å². The summed E-state index contributed by atoms with van der Waals surface area (Å²) in [6.45, 7) is 5.04. The number of alkyl halides is 1. The molecule has 162 valence electrons. The molecule has 2 fully saturated rings. The van der Waals surface area contributed by atoms with Crippen molar-refractivity contribution in [2.45, 2.75) is 38.0 Å². The van der Waals surface area contributed by atoms with Crippen molar-refractivity contribution in [3.8, 4) is 22.7 Å². The molecule has 4 atom stereocenters. The third-order valence-corrected chi connectivity index (χ3v) is 7.27. The molecule has 3 heterocycles. The number of phenols is 1. The first kappa shape index (κ1) is 19.9. The van der Waals surface area contributed by atoms with E-state index >= 15 is 4.39 Å². The zero-order chi connectivity index (χ0) is 22.0. The van der Waals surface area contributed by atoms with Crippen LogP contribution in [-0.4, -0.2) is 68.4 Å². The van der Waals surface area contributed by atoms with Crippen LogP contribution >= 0.6 is 0 Å². The maximum absolute atomic E-state index is 15.5.